The van der Waals surface area contributed by atoms with Gasteiger partial charge in [0.05, 0.1) is 24.5 Å². The molecule has 0 saturated heterocycles. The number of aryl methyl sites for hydroxylation is 1. The third kappa shape index (κ3) is 3.36. The Balaban J connectivity index is 2.31. The van der Waals surface area contributed by atoms with Gasteiger partial charge in [0.1, 0.15) is 12.1 Å². The van der Waals surface area contributed by atoms with E-state index < -0.39 is 0 Å². The van der Waals surface area contributed by atoms with Gasteiger partial charge in [0, 0.05) is 11.8 Å². The van der Waals surface area contributed by atoms with Crippen LogP contribution < -0.4 is 5.32 Å². The summed E-state index contributed by atoms with van der Waals surface area (Å²) in [6.07, 6.45) is 4.06. The first-order valence-corrected chi connectivity index (χ1v) is 6.92. The Morgan fingerprint density at radius 1 is 1.35 bits per heavy atom. The fourth-order valence-electron chi connectivity index (χ4n) is 1.89. The van der Waals surface area contributed by atoms with Crippen LogP contribution in [0.2, 0.25) is 0 Å². The van der Waals surface area contributed by atoms with E-state index in [1.165, 1.54) is 0 Å². The number of hydrogen-bond acceptors (Lipinski definition) is 5. The fourth-order valence-corrected chi connectivity index (χ4v) is 1.89. The minimum Gasteiger partial charge on any atom is -0.472 e. The Morgan fingerprint density at radius 3 is 2.70 bits per heavy atom. The number of anilines is 1. The Hall–Kier alpha value is -1.88. The van der Waals surface area contributed by atoms with Crippen LogP contribution in [-0.2, 0) is 6.42 Å². The third-order valence-electron chi connectivity index (χ3n) is 3.26. The lowest BCUT2D eigenvalue weighted by atomic mass is 10.1. The number of aliphatic hydroxyl groups is 1. The molecule has 108 valence electrons. The monoisotopic (exact) mass is 275 g/mol. The van der Waals surface area contributed by atoms with Crippen LogP contribution in [0.25, 0.3) is 11.4 Å². The number of rotatable bonds is 6. The van der Waals surface area contributed by atoms with E-state index in [4.69, 9.17) is 4.42 Å². The predicted molar refractivity (Wildman–Crippen MR) is 78.4 cm³/mol. The highest BCUT2D eigenvalue weighted by Gasteiger charge is 2.14. The van der Waals surface area contributed by atoms with Crippen LogP contribution in [0.1, 0.15) is 26.5 Å². The molecular weight excluding hydrogens is 254 g/mol. The molecule has 20 heavy (non-hydrogen) atoms. The summed E-state index contributed by atoms with van der Waals surface area (Å²) in [4.78, 5) is 9.00. The van der Waals surface area contributed by atoms with Crippen molar-refractivity contribution in [1.29, 1.82) is 0 Å². The van der Waals surface area contributed by atoms with Gasteiger partial charge in [-0.15, -0.1) is 0 Å². The SMILES string of the molecule is CCc1cc(N[C@H](CO)C(C)C)nc(-c2ccoc2)n1. The second-order valence-electron chi connectivity index (χ2n) is 5.11. The molecule has 0 spiro atoms. The van der Waals surface area contributed by atoms with Crippen molar-refractivity contribution < 1.29 is 9.52 Å². The molecule has 0 fully saturated rings. The van der Waals surface area contributed by atoms with Crippen LogP contribution in [0.5, 0.6) is 0 Å². The zero-order valence-electron chi connectivity index (χ0n) is 12.1. The summed E-state index contributed by atoms with van der Waals surface area (Å²) in [5, 5.41) is 12.7. The minimum atomic E-state index is -0.0215. The number of aliphatic hydroxyl groups excluding tert-OH is 1. The van der Waals surface area contributed by atoms with E-state index in [-0.39, 0.29) is 12.6 Å². The second-order valence-corrected chi connectivity index (χ2v) is 5.11. The highest BCUT2D eigenvalue weighted by Crippen LogP contribution is 2.20. The summed E-state index contributed by atoms with van der Waals surface area (Å²) >= 11 is 0. The molecule has 0 aliphatic rings. The quantitative estimate of drug-likeness (QED) is 0.848. The summed E-state index contributed by atoms with van der Waals surface area (Å²) in [6.45, 7) is 6.25. The van der Waals surface area contributed by atoms with Gasteiger partial charge in [-0.1, -0.05) is 20.8 Å². The van der Waals surface area contributed by atoms with Crippen molar-refractivity contribution in [1.82, 2.24) is 9.97 Å². The Morgan fingerprint density at radius 2 is 2.15 bits per heavy atom. The molecule has 2 heterocycles. The topological polar surface area (TPSA) is 71.2 Å². The smallest absolute Gasteiger partial charge is 0.164 e. The minimum absolute atomic E-state index is 0.0215. The molecule has 0 aliphatic heterocycles. The predicted octanol–water partition coefficient (Wildman–Crippen LogP) is 2.73. The molecule has 5 nitrogen and oxygen atoms in total. The lowest BCUT2D eigenvalue weighted by Crippen LogP contribution is -2.30. The molecule has 5 heteroatoms. The summed E-state index contributed by atoms with van der Waals surface area (Å²) in [7, 11) is 0. The normalized spacial score (nSPS) is 12.7. The van der Waals surface area contributed by atoms with Crippen molar-refractivity contribution in [3.8, 4) is 11.4 Å². The summed E-state index contributed by atoms with van der Waals surface area (Å²) in [5.41, 5.74) is 1.81. The number of nitrogens with one attached hydrogen (secondary N) is 1. The first kappa shape index (κ1) is 14.5. The third-order valence-corrected chi connectivity index (χ3v) is 3.26. The highest BCUT2D eigenvalue weighted by molar-refractivity contribution is 5.56. The molecule has 1 atom stereocenters. The van der Waals surface area contributed by atoms with E-state index >= 15 is 0 Å². The van der Waals surface area contributed by atoms with Crippen LogP contribution in [0.3, 0.4) is 0 Å². The molecule has 0 aliphatic carbocycles. The zero-order valence-corrected chi connectivity index (χ0v) is 12.1. The summed E-state index contributed by atoms with van der Waals surface area (Å²) < 4.78 is 5.08. The molecule has 0 amide bonds. The van der Waals surface area contributed by atoms with Crippen LogP contribution >= 0.6 is 0 Å². The van der Waals surface area contributed by atoms with Crippen LogP contribution in [0, 0.1) is 5.92 Å². The van der Waals surface area contributed by atoms with Crippen molar-refractivity contribution in [2.24, 2.45) is 5.92 Å². The average Bonchev–Trinajstić information content (AvgIpc) is 2.98. The molecule has 0 radical (unpaired) electrons. The molecule has 0 unspecified atom stereocenters. The van der Waals surface area contributed by atoms with E-state index in [1.807, 2.05) is 12.1 Å². The van der Waals surface area contributed by atoms with Crippen LogP contribution in [0.4, 0.5) is 5.82 Å². The van der Waals surface area contributed by atoms with Gasteiger partial charge in [-0.25, -0.2) is 9.97 Å². The lowest BCUT2D eigenvalue weighted by molar-refractivity contribution is 0.249. The van der Waals surface area contributed by atoms with Crippen molar-refractivity contribution in [2.75, 3.05) is 11.9 Å². The molecule has 0 bridgehead atoms. The van der Waals surface area contributed by atoms with Crippen molar-refractivity contribution in [2.45, 2.75) is 33.2 Å². The number of aromatic nitrogens is 2. The summed E-state index contributed by atoms with van der Waals surface area (Å²) in [5.74, 6) is 1.69. The van der Waals surface area contributed by atoms with Gasteiger partial charge >= 0.3 is 0 Å². The van der Waals surface area contributed by atoms with Crippen LogP contribution in [-0.4, -0.2) is 27.7 Å². The van der Waals surface area contributed by atoms with Gasteiger partial charge in [-0.2, -0.15) is 0 Å². The molecule has 0 saturated carbocycles. The van der Waals surface area contributed by atoms with Gasteiger partial charge in [0.25, 0.3) is 0 Å². The maximum atomic E-state index is 9.42. The van der Waals surface area contributed by atoms with Gasteiger partial charge in [-0.05, 0) is 18.4 Å². The molecule has 0 aromatic carbocycles. The fraction of sp³-hybridized carbons (Fsp3) is 0.467. The molecular formula is C15H21N3O2. The molecule has 2 N–H and O–H groups in total. The molecule has 2 aromatic heterocycles. The standard InChI is InChI=1S/C15H21N3O2/c1-4-12-7-14(17-13(8-19)10(2)3)18-15(16-12)11-5-6-20-9-11/h5-7,9-10,13,19H,4,8H2,1-3H3,(H,16,17,18)/t13-/m1/s1. The Bertz CT molecular complexity index is 538. The first-order chi connectivity index (χ1) is 9.63. The van der Waals surface area contributed by atoms with E-state index in [0.717, 1.165) is 23.5 Å². The lowest BCUT2D eigenvalue weighted by Gasteiger charge is -2.21. The summed E-state index contributed by atoms with van der Waals surface area (Å²) in [6, 6.07) is 3.74. The highest BCUT2D eigenvalue weighted by atomic mass is 16.3. The van der Waals surface area contributed by atoms with Gasteiger partial charge in [0.2, 0.25) is 0 Å². The number of hydrogen-bond donors (Lipinski definition) is 2. The van der Waals surface area contributed by atoms with Gasteiger partial charge in [-0.3, -0.25) is 0 Å². The van der Waals surface area contributed by atoms with E-state index in [2.05, 4.69) is 36.1 Å². The number of furan rings is 1. The first-order valence-electron chi connectivity index (χ1n) is 6.92. The maximum absolute atomic E-state index is 9.42. The second kappa shape index (κ2) is 6.52. The van der Waals surface area contributed by atoms with E-state index in [0.29, 0.717) is 11.7 Å². The molecule has 2 rings (SSSR count). The van der Waals surface area contributed by atoms with Gasteiger partial charge in [0.15, 0.2) is 5.82 Å². The largest absolute Gasteiger partial charge is 0.472 e. The molecule has 2 aromatic rings. The van der Waals surface area contributed by atoms with Gasteiger partial charge < -0.3 is 14.8 Å². The van der Waals surface area contributed by atoms with E-state index in [1.54, 1.807) is 12.5 Å². The van der Waals surface area contributed by atoms with E-state index in [9.17, 15) is 5.11 Å². The number of nitrogens with zero attached hydrogens (tertiary/aromatic N) is 2. The average molecular weight is 275 g/mol. The Kier molecular flexibility index (Phi) is 4.74. The Labute approximate surface area is 119 Å². The van der Waals surface area contributed by atoms with Crippen molar-refractivity contribution in [3.63, 3.8) is 0 Å². The van der Waals surface area contributed by atoms with Crippen molar-refractivity contribution >= 4 is 5.82 Å². The maximum Gasteiger partial charge on any atom is 0.164 e. The van der Waals surface area contributed by atoms with Crippen molar-refractivity contribution in [3.05, 3.63) is 30.4 Å². The van der Waals surface area contributed by atoms with Crippen LogP contribution in [0.15, 0.2) is 29.1 Å². The zero-order chi connectivity index (χ0) is 14.5.